The highest BCUT2D eigenvalue weighted by Gasteiger charge is 2.30. The second kappa shape index (κ2) is 12.0. The predicted octanol–water partition coefficient (Wildman–Crippen LogP) is 6.48. The molecule has 0 spiro atoms. The van der Waals surface area contributed by atoms with Crippen LogP contribution < -0.4 is 9.47 Å². The summed E-state index contributed by atoms with van der Waals surface area (Å²) in [6, 6.07) is 9.08. The molecule has 2 aromatic carbocycles. The van der Waals surface area contributed by atoms with Crippen LogP contribution in [0.25, 0.3) is 0 Å². The van der Waals surface area contributed by atoms with E-state index >= 15 is 0 Å². The molecule has 0 bridgehead atoms. The summed E-state index contributed by atoms with van der Waals surface area (Å²) in [6.45, 7) is 23.2. The topological polar surface area (TPSA) is 43.5 Å². The maximum Gasteiger partial charge on any atom is 0.126 e. The van der Waals surface area contributed by atoms with E-state index in [4.69, 9.17) is 18.9 Å². The lowest BCUT2D eigenvalue weighted by atomic mass is 9.75. The Hall–Kier alpha value is -3.08. The molecule has 0 aromatic heterocycles. The van der Waals surface area contributed by atoms with E-state index in [1.54, 1.807) is 0 Å². The first-order chi connectivity index (χ1) is 17.9. The highest BCUT2D eigenvalue weighted by atomic mass is 16.6. The standard InChI is InChI=1S/C33H40O4/c1-7-11-23-15-27(16-24(12-8-2)31(23)36-21-29-19-34-29)33(5,6)28-17-25(13-9-3)32(26(18-28)14-10-4)37-22-30-20-35-30/h7-10,15-18,29-30H,1-4,11-14,19-22H2,5-6H3. The molecule has 2 aliphatic heterocycles. The van der Waals surface area contributed by atoms with Crippen molar-refractivity contribution in [2.24, 2.45) is 0 Å². The average Bonchev–Trinajstić information content (AvgIpc) is 3.79. The molecule has 0 radical (unpaired) electrons. The Kier molecular flexibility index (Phi) is 8.73. The van der Waals surface area contributed by atoms with Crippen molar-refractivity contribution in [3.63, 3.8) is 0 Å². The summed E-state index contributed by atoms with van der Waals surface area (Å²) in [4.78, 5) is 0. The molecule has 2 unspecified atom stereocenters. The van der Waals surface area contributed by atoms with Crippen LogP contribution in [0.4, 0.5) is 0 Å². The molecule has 4 rings (SSSR count). The number of rotatable bonds is 16. The molecule has 196 valence electrons. The van der Waals surface area contributed by atoms with Crippen LogP contribution in [0.15, 0.2) is 74.9 Å². The third-order valence-electron chi connectivity index (χ3n) is 7.02. The Labute approximate surface area is 222 Å². The Morgan fingerprint density at radius 1 is 0.676 bits per heavy atom. The third-order valence-corrected chi connectivity index (χ3v) is 7.02. The molecule has 37 heavy (non-hydrogen) atoms. The van der Waals surface area contributed by atoms with Crippen molar-refractivity contribution in [2.75, 3.05) is 26.4 Å². The largest absolute Gasteiger partial charge is 0.490 e. The summed E-state index contributed by atoms with van der Waals surface area (Å²) in [6.07, 6.45) is 11.1. The number of hydrogen-bond donors (Lipinski definition) is 0. The number of epoxide rings is 2. The quantitative estimate of drug-likeness (QED) is 0.195. The van der Waals surface area contributed by atoms with E-state index in [-0.39, 0.29) is 17.6 Å². The van der Waals surface area contributed by atoms with E-state index in [0.717, 1.165) is 72.6 Å². The lowest BCUT2D eigenvalue weighted by Gasteiger charge is -2.30. The summed E-state index contributed by atoms with van der Waals surface area (Å²) in [7, 11) is 0. The van der Waals surface area contributed by atoms with Crippen LogP contribution in [0.2, 0.25) is 0 Å². The van der Waals surface area contributed by atoms with E-state index in [9.17, 15) is 0 Å². The fourth-order valence-corrected chi connectivity index (χ4v) is 4.68. The normalized spacial score (nSPS) is 18.1. The van der Waals surface area contributed by atoms with E-state index in [0.29, 0.717) is 13.2 Å². The zero-order valence-electron chi connectivity index (χ0n) is 22.4. The highest BCUT2D eigenvalue weighted by molar-refractivity contribution is 5.54. The Morgan fingerprint density at radius 3 is 1.22 bits per heavy atom. The van der Waals surface area contributed by atoms with Gasteiger partial charge in [0.15, 0.2) is 0 Å². The van der Waals surface area contributed by atoms with Crippen LogP contribution in [-0.4, -0.2) is 38.6 Å². The first kappa shape index (κ1) is 27.0. The van der Waals surface area contributed by atoms with E-state index < -0.39 is 0 Å². The van der Waals surface area contributed by atoms with Gasteiger partial charge in [0, 0.05) is 5.41 Å². The molecular weight excluding hydrogens is 460 g/mol. The van der Waals surface area contributed by atoms with Gasteiger partial charge in [0.1, 0.15) is 36.9 Å². The van der Waals surface area contributed by atoms with Gasteiger partial charge in [-0.2, -0.15) is 0 Å². The van der Waals surface area contributed by atoms with Crippen LogP contribution in [0.1, 0.15) is 47.2 Å². The lowest BCUT2D eigenvalue weighted by Crippen LogP contribution is -2.21. The van der Waals surface area contributed by atoms with Crippen molar-refractivity contribution in [3.05, 3.63) is 108 Å². The minimum absolute atomic E-state index is 0.197. The van der Waals surface area contributed by atoms with Crippen LogP contribution in [0, 0.1) is 0 Å². The molecule has 2 aromatic rings. The molecule has 4 nitrogen and oxygen atoms in total. The number of ether oxygens (including phenoxy) is 4. The van der Waals surface area contributed by atoms with Gasteiger partial charge in [0.2, 0.25) is 0 Å². The van der Waals surface area contributed by atoms with Gasteiger partial charge in [-0.05, 0) is 59.1 Å². The van der Waals surface area contributed by atoms with Gasteiger partial charge in [-0.1, -0.05) is 62.4 Å². The monoisotopic (exact) mass is 500 g/mol. The van der Waals surface area contributed by atoms with E-state index in [1.165, 1.54) is 11.1 Å². The summed E-state index contributed by atoms with van der Waals surface area (Å²) >= 11 is 0. The van der Waals surface area contributed by atoms with Crippen molar-refractivity contribution in [3.8, 4) is 11.5 Å². The van der Waals surface area contributed by atoms with Gasteiger partial charge < -0.3 is 18.9 Å². The first-order valence-corrected chi connectivity index (χ1v) is 13.2. The van der Waals surface area contributed by atoms with Crippen molar-refractivity contribution in [1.29, 1.82) is 0 Å². The molecule has 2 saturated heterocycles. The van der Waals surface area contributed by atoms with Gasteiger partial charge in [0.05, 0.1) is 13.2 Å². The SMILES string of the molecule is C=CCc1cc(C(C)(C)c2cc(CC=C)c(OCC3CO3)c(CC=C)c2)cc(CC=C)c1OCC1CO1. The van der Waals surface area contributed by atoms with Crippen molar-refractivity contribution < 1.29 is 18.9 Å². The fraction of sp³-hybridized carbons (Fsp3) is 0.394. The number of allylic oxidation sites excluding steroid dienone is 4. The third kappa shape index (κ3) is 6.63. The minimum atomic E-state index is -0.270. The van der Waals surface area contributed by atoms with Crippen molar-refractivity contribution in [2.45, 2.75) is 57.2 Å². The molecule has 0 amide bonds. The van der Waals surface area contributed by atoms with E-state index in [2.05, 4.69) is 64.4 Å². The van der Waals surface area contributed by atoms with Crippen molar-refractivity contribution >= 4 is 0 Å². The Balaban J connectivity index is 1.77. The molecule has 4 heteroatoms. The van der Waals surface area contributed by atoms with Gasteiger partial charge in [-0.3, -0.25) is 0 Å². The van der Waals surface area contributed by atoms with Crippen LogP contribution in [0.5, 0.6) is 11.5 Å². The summed E-state index contributed by atoms with van der Waals surface area (Å²) in [5.74, 6) is 1.86. The molecule has 0 saturated carbocycles. The maximum absolute atomic E-state index is 6.27. The lowest BCUT2D eigenvalue weighted by molar-refractivity contribution is 0.259. The van der Waals surface area contributed by atoms with Gasteiger partial charge in [0.25, 0.3) is 0 Å². The Morgan fingerprint density at radius 2 is 0.973 bits per heavy atom. The second-order valence-electron chi connectivity index (χ2n) is 10.4. The zero-order chi connectivity index (χ0) is 26.4. The predicted molar refractivity (Wildman–Crippen MR) is 151 cm³/mol. The fourth-order valence-electron chi connectivity index (χ4n) is 4.68. The minimum Gasteiger partial charge on any atom is -0.490 e. The molecule has 0 aliphatic carbocycles. The first-order valence-electron chi connectivity index (χ1n) is 13.2. The highest BCUT2D eigenvalue weighted by Crippen LogP contribution is 2.40. The average molecular weight is 501 g/mol. The molecule has 2 fully saturated rings. The summed E-state index contributed by atoms with van der Waals surface area (Å²) in [5, 5.41) is 0. The summed E-state index contributed by atoms with van der Waals surface area (Å²) < 4.78 is 23.3. The van der Waals surface area contributed by atoms with Gasteiger partial charge >= 0.3 is 0 Å². The van der Waals surface area contributed by atoms with Crippen LogP contribution >= 0.6 is 0 Å². The van der Waals surface area contributed by atoms with Crippen molar-refractivity contribution in [1.82, 2.24) is 0 Å². The number of hydrogen-bond acceptors (Lipinski definition) is 4. The molecule has 2 heterocycles. The molecule has 2 aliphatic rings. The van der Waals surface area contributed by atoms with Gasteiger partial charge in [-0.25, -0.2) is 0 Å². The second-order valence-corrected chi connectivity index (χ2v) is 10.4. The van der Waals surface area contributed by atoms with E-state index in [1.807, 2.05) is 24.3 Å². The smallest absolute Gasteiger partial charge is 0.126 e. The molecular formula is C33H40O4. The van der Waals surface area contributed by atoms with Crippen LogP contribution in [0.3, 0.4) is 0 Å². The summed E-state index contributed by atoms with van der Waals surface area (Å²) in [5.41, 5.74) is 6.74. The maximum atomic E-state index is 6.27. The molecule has 2 atom stereocenters. The zero-order valence-corrected chi connectivity index (χ0v) is 22.4. The van der Waals surface area contributed by atoms with Crippen LogP contribution in [-0.2, 0) is 40.6 Å². The van der Waals surface area contributed by atoms with Gasteiger partial charge in [-0.15, -0.1) is 26.3 Å². The molecule has 0 N–H and O–H groups in total. The number of benzene rings is 2. The Bertz CT molecular complexity index is 999.